The van der Waals surface area contributed by atoms with E-state index < -0.39 is 210 Å². The van der Waals surface area contributed by atoms with Crippen molar-refractivity contribution in [3.8, 4) is 23.0 Å². The Morgan fingerprint density at radius 1 is 0.495 bits per heavy atom. The van der Waals surface area contributed by atoms with Gasteiger partial charge in [0.2, 0.25) is 5.79 Å². The van der Waals surface area contributed by atoms with E-state index in [-0.39, 0.29) is 39.7 Å². The predicted octanol–water partition coefficient (Wildman–Crippen LogP) is -5.53. The molecule has 5 fully saturated rings. The van der Waals surface area contributed by atoms with Gasteiger partial charge >= 0.3 is 23.9 Å². The molecule has 5 saturated heterocycles. The Morgan fingerprint density at radius 3 is 1.59 bits per heavy atom. The van der Waals surface area contributed by atoms with E-state index in [0.29, 0.717) is 0 Å². The Labute approximate surface area is 527 Å². The predicted molar refractivity (Wildman–Crippen MR) is 301 cm³/mol. The molecule has 0 spiro atoms. The lowest BCUT2D eigenvalue weighted by molar-refractivity contribution is -0.423. The average Bonchev–Trinajstić information content (AvgIpc) is 1.73. The largest absolute Gasteiger partial charge is 0.504 e. The van der Waals surface area contributed by atoms with Gasteiger partial charge in [0.25, 0.3) is 0 Å². The van der Waals surface area contributed by atoms with Crippen molar-refractivity contribution in [3.05, 3.63) is 95.6 Å². The van der Waals surface area contributed by atoms with E-state index in [4.69, 9.17) is 71.1 Å². The zero-order valence-electron chi connectivity index (χ0n) is 49.6. The van der Waals surface area contributed by atoms with Crippen LogP contribution in [0.4, 0.5) is 0 Å². The van der Waals surface area contributed by atoms with Gasteiger partial charge in [-0.05, 0) is 59.7 Å². The fraction of sp³-hybridized carbons (Fsp3) is 0.559. The molecule has 24 unspecified atom stereocenters. The second-order valence-corrected chi connectivity index (χ2v) is 21.7. The number of aliphatic hydroxyl groups is 13. The van der Waals surface area contributed by atoms with Crippen molar-refractivity contribution in [2.45, 2.75) is 154 Å². The molecule has 5 aliphatic heterocycles. The number of hydrogen-bond acceptors (Lipinski definition) is 34. The zero-order chi connectivity index (χ0) is 67.6. The van der Waals surface area contributed by atoms with E-state index in [1.165, 1.54) is 87.0 Å². The van der Waals surface area contributed by atoms with Gasteiger partial charge in [-0.2, -0.15) is 0 Å². The van der Waals surface area contributed by atoms with E-state index in [0.717, 1.165) is 19.1 Å². The maximum atomic E-state index is 14.3. The van der Waals surface area contributed by atoms with Crippen molar-refractivity contribution in [2.75, 3.05) is 53.9 Å². The summed E-state index contributed by atoms with van der Waals surface area (Å²) in [6, 6.07) is 15.0. The highest BCUT2D eigenvalue weighted by Crippen LogP contribution is 2.43. The van der Waals surface area contributed by atoms with Crippen LogP contribution in [-0.2, 0) is 76.0 Å². The first-order valence-electron chi connectivity index (χ1n) is 28.8. The van der Waals surface area contributed by atoms with Gasteiger partial charge in [0.05, 0.1) is 46.2 Å². The van der Waals surface area contributed by atoms with Crippen molar-refractivity contribution in [3.63, 3.8) is 0 Å². The summed E-state index contributed by atoms with van der Waals surface area (Å²) in [5.74, 6) is -8.35. The van der Waals surface area contributed by atoms with Crippen molar-refractivity contribution in [2.24, 2.45) is 0 Å². The molecular formula is C59H74O34. The fourth-order valence-corrected chi connectivity index (χ4v) is 10.6. The Balaban J connectivity index is 1.27. The first kappa shape index (κ1) is 72.2. The minimum Gasteiger partial charge on any atom is -0.504 e. The smallest absolute Gasteiger partial charge is 0.338 e. The summed E-state index contributed by atoms with van der Waals surface area (Å²) in [6.45, 7) is -5.63. The second kappa shape index (κ2) is 32.2. The van der Waals surface area contributed by atoms with Gasteiger partial charge in [-0.25, -0.2) is 14.4 Å². The molecule has 3 aromatic carbocycles. The number of carbonyl (C=O) groups excluding carboxylic acids is 4. The molecule has 3 aromatic rings. The zero-order valence-corrected chi connectivity index (χ0v) is 49.6. The van der Waals surface area contributed by atoms with Gasteiger partial charge in [0, 0.05) is 19.1 Å². The third-order valence-electron chi connectivity index (χ3n) is 15.5. The highest BCUT2D eigenvalue weighted by atomic mass is 16.8. The number of esters is 4. The van der Waals surface area contributed by atoms with Gasteiger partial charge in [0.15, 0.2) is 60.4 Å². The number of ether oxygens (including phenoxy) is 15. The minimum atomic E-state index is -3.01. The number of hydrogen-bond donors (Lipinski definition) is 15. The molecule has 24 atom stereocenters. The van der Waals surface area contributed by atoms with Crippen LogP contribution in [0.5, 0.6) is 23.0 Å². The highest BCUT2D eigenvalue weighted by molar-refractivity contribution is 5.90. The molecule has 93 heavy (non-hydrogen) atoms. The van der Waals surface area contributed by atoms with Crippen LogP contribution in [0.2, 0.25) is 0 Å². The van der Waals surface area contributed by atoms with E-state index in [9.17, 15) is 95.8 Å². The van der Waals surface area contributed by atoms with Gasteiger partial charge in [-0.3, -0.25) is 4.79 Å². The first-order valence-corrected chi connectivity index (χ1v) is 28.8. The lowest BCUT2D eigenvalue weighted by Crippen LogP contribution is -2.69. The Hall–Kier alpha value is -6.66. The molecule has 0 aromatic heterocycles. The van der Waals surface area contributed by atoms with Crippen LogP contribution in [0.25, 0.3) is 12.2 Å². The molecule has 0 radical (unpaired) electrons. The molecule has 5 heterocycles. The third kappa shape index (κ3) is 16.7. The van der Waals surface area contributed by atoms with Gasteiger partial charge in [0.1, 0.15) is 117 Å². The van der Waals surface area contributed by atoms with Gasteiger partial charge < -0.3 is 148 Å². The molecular weight excluding hydrogens is 1250 g/mol. The van der Waals surface area contributed by atoms with Crippen LogP contribution in [0, 0.1) is 0 Å². The van der Waals surface area contributed by atoms with Crippen LogP contribution in [0.1, 0.15) is 28.4 Å². The van der Waals surface area contributed by atoms with Crippen LogP contribution in [0.15, 0.2) is 78.9 Å². The maximum absolute atomic E-state index is 14.3. The number of aromatic hydroxyl groups is 2. The standard InChI is InChI=1S/C59H74O34/c1-25(64)81-23-37-50(87-39(68)16-12-27-9-13-29(65)32(18-27)80-3)51(89-57-48(77)45(74)49(36(22-63)85-57)88-55-46(75)43(72)40(69)33(19-60)83-55)52(90-56-47(76)44(73)41(70)34(20-61)84-56)58(86-37)93-59(24-82-38(67)15-11-26-10-14-31(79-2)30(66)17-26)53(42(71)35(21-62)92-59)91-54(78)28-7-5-4-6-8-28/h4-18,33-37,40-53,55-58,60-63,65-66,69-77H,19-24H2,1-3H3. The van der Waals surface area contributed by atoms with Gasteiger partial charge in [-0.1, -0.05) is 30.3 Å². The summed E-state index contributed by atoms with van der Waals surface area (Å²) < 4.78 is 88.3. The van der Waals surface area contributed by atoms with E-state index in [1.807, 2.05) is 0 Å². The minimum absolute atomic E-state index is 0.0320. The van der Waals surface area contributed by atoms with E-state index >= 15 is 0 Å². The van der Waals surface area contributed by atoms with Crippen LogP contribution >= 0.6 is 0 Å². The summed E-state index contributed by atoms with van der Waals surface area (Å²) in [5, 5.41) is 164. The van der Waals surface area contributed by atoms with Crippen LogP contribution < -0.4 is 9.47 Å². The number of aliphatic hydroxyl groups excluding tert-OH is 13. The first-order chi connectivity index (χ1) is 44.4. The summed E-state index contributed by atoms with van der Waals surface area (Å²) in [5.41, 5.74) is 0.288. The summed E-state index contributed by atoms with van der Waals surface area (Å²) in [6.07, 6.45) is -45.1. The lowest BCUT2D eigenvalue weighted by atomic mass is 9.95. The normalized spacial score (nSPS) is 36.3. The van der Waals surface area contributed by atoms with Crippen molar-refractivity contribution in [1.82, 2.24) is 0 Å². The molecule has 34 heteroatoms. The molecule has 8 rings (SSSR count). The molecule has 5 aliphatic rings. The molecule has 0 aliphatic carbocycles. The number of carbonyl (C=O) groups is 4. The number of rotatable bonds is 25. The fourth-order valence-electron chi connectivity index (χ4n) is 10.6. The average molecular weight is 1330 g/mol. The number of benzene rings is 3. The molecule has 514 valence electrons. The van der Waals surface area contributed by atoms with Crippen molar-refractivity contribution in [1.29, 1.82) is 0 Å². The number of methoxy groups -OCH3 is 2. The molecule has 15 N–H and O–H groups in total. The highest BCUT2D eigenvalue weighted by Gasteiger charge is 2.64. The Bertz CT molecular complexity index is 3020. The third-order valence-corrected chi connectivity index (χ3v) is 15.5. The van der Waals surface area contributed by atoms with Crippen LogP contribution in [0.3, 0.4) is 0 Å². The summed E-state index contributed by atoms with van der Waals surface area (Å²) in [7, 11) is 2.55. The maximum Gasteiger partial charge on any atom is 0.338 e. The second-order valence-electron chi connectivity index (χ2n) is 21.7. The molecule has 0 saturated carbocycles. The van der Waals surface area contributed by atoms with Crippen molar-refractivity contribution < 1.29 is 167 Å². The Morgan fingerprint density at radius 2 is 1.02 bits per heavy atom. The van der Waals surface area contributed by atoms with Crippen molar-refractivity contribution >= 4 is 36.0 Å². The lowest BCUT2D eigenvalue weighted by Gasteiger charge is -2.51. The number of phenols is 2. The SMILES string of the molecule is COc1ccc(C=CC(=O)OCC2(OC3OC(COC(C)=O)C(OC(=O)C=Cc4ccc(O)c(OC)c4)C(OC4OC(CO)C(OC5OC(CO)C(O)C(O)C5O)C(O)C4O)C3OC3OC(CO)C(O)C(O)C3O)OC(CO)C(O)C2OC(=O)c2ccccc2)cc1O. The van der Waals surface area contributed by atoms with E-state index in [1.54, 1.807) is 6.07 Å². The Kier molecular flexibility index (Phi) is 25.0. The summed E-state index contributed by atoms with van der Waals surface area (Å²) >= 11 is 0. The van der Waals surface area contributed by atoms with Gasteiger partial charge in [-0.15, -0.1) is 0 Å². The molecule has 34 nitrogen and oxygen atoms in total. The van der Waals surface area contributed by atoms with E-state index in [2.05, 4.69) is 0 Å². The quantitative estimate of drug-likeness (QED) is 0.0214. The topological polar surface area (TPSA) is 510 Å². The number of phenolic OH excluding ortho intramolecular Hbond substituents is 2. The van der Waals surface area contributed by atoms with Crippen LogP contribution in [-0.4, -0.2) is 301 Å². The molecule has 0 bridgehead atoms. The molecule has 0 amide bonds. The summed E-state index contributed by atoms with van der Waals surface area (Å²) in [4.78, 5) is 55.0. The monoisotopic (exact) mass is 1330 g/mol.